The number of hydrogen-bond acceptors (Lipinski definition) is 6. The van der Waals surface area contributed by atoms with E-state index in [1.807, 2.05) is 4.90 Å². The normalized spacial score (nSPS) is 18.5. The summed E-state index contributed by atoms with van der Waals surface area (Å²) in [6.07, 6.45) is 4.12. The third kappa shape index (κ3) is 4.41. The summed E-state index contributed by atoms with van der Waals surface area (Å²) in [6.45, 7) is 8.49. The summed E-state index contributed by atoms with van der Waals surface area (Å²) in [5.41, 5.74) is -0.125. The van der Waals surface area contributed by atoms with Crippen molar-refractivity contribution in [2.45, 2.75) is 51.7 Å². The molecule has 3 heterocycles. The van der Waals surface area contributed by atoms with Crippen LogP contribution in [0.15, 0.2) is 12.7 Å². The van der Waals surface area contributed by atoms with E-state index in [0.29, 0.717) is 38.5 Å². The summed E-state index contributed by atoms with van der Waals surface area (Å²) in [6, 6.07) is 0. The van der Waals surface area contributed by atoms with Crippen LogP contribution >= 0.6 is 0 Å². The Hall–Kier alpha value is -2.29. The molecule has 0 saturated carbocycles. The molecule has 0 unspecified atom stereocenters. The molecule has 0 aliphatic carbocycles. The Bertz CT molecular complexity index is 690. The summed E-state index contributed by atoms with van der Waals surface area (Å²) in [5.74, 6) is 1.57. The van der Waals surface area contributed by atoms with Crippen molar-refractivity contribution in [3.05, 3.63) is 24.3 Å². The number of hydrogen-bond donors (Lipinski definition) is 1. The largest absolute Gasteiger partial charge is 0.367 e. The van der Waals surface area contributed by atoms with Crippen molar-refractivity contribution in [1.82, 2.24) is 34.8 Å². The smallest absolute Gasteiger partial charge is 0.222 e. The molecule has 0 radical (unpaired) electrons. The predicted molar refractivity (Wildman–Crippen MR) is 89.6 cm³/mol. The number of rotatable bonds is 5. The lowest BCUT2D eigenvalue weighted by atomic mass is 9.96. The summed E-state index contributed by atoms with van der Waals surface area (Å²) < 4.78 is 7.52. The van der Waals surface area contributed by atoms with Crippen LogP contribution in [-0.2, 0) is 21.5 Å². The first kappa shape index (κ1) is 17.5. The van der Waals surface area contributed by atoms with Gasteiger partial charge in [0.15, 0.2) is 11.6 Å². The van der Waals surface area contributed by atoms with E-state index in [0.717, 1.165) is 12.2 Å². The molecule has 9 nitrogen and oxygen atoms in total. The van der Waals surface area contributed by atoms with E-state index in [9.17, 15) is 4.79 Å². The molecule has 1 aliphatic rings. The number of aromatic nitrogens is 6. The number of nitrogens with zero attached hydrogens (tertiary/aromatic N) is 6. The fraction of sp³-hybridized carbons (Fsp3) is 0.688. The number of amides is 1. The van der Waals surface area contributed by atoms with Gasteiger partial charge in [0.25, 0.3) is 0 Å². The van der Waals surface area contributed by atoms with Crippen molar-refractivity contribution >= 4 is 5.91 Å². The Labute approximate surface area is 146 Å². The first-order valence-corrected chi connectivity index (χ1v) is 8.58. The van der Waals surface area contributed by atoms with Gasteiger partial charge in [-0.25, -0.2) is 9.97 Å². The van der Waals surface area contributed by atoms with Crippen molar-refractivity contribution in [2.75, 3.05) is 19.7 Å². The molecule has 0 spiro atoms. The average Bonchev–Trinajstić information content (AvgIpc) is 3.26. The number of H-pyrrole nitrogens is 1. The average molecular weight is 347 g/mol. The third-order valence-electron chi connectivity index (χ3n) is 4.14. The number of morpholine rings is 1. The summed E-state index contributed by atoms with van der Waals surface area (Å²) in [5, 5.41) is 11.3. The number of aryl methyl sites for hydroxylation is 1. The Morgan fingerprint density at radius 2 is 2.28 bits per heavy atom. The van der Waals surface area contributed by atoms with Crippen LogP contribution in [0.25, 0.3) is 0 Å². The Balaban J connectivity index is 1.53. The zero-order valence-electron chi connectivity index (χ0n) is 15.0. The highest BCUT2D eigenvalue weighted by Crippen LogP contribution is 2.23. The van der Waals surface area contributed by atoms with Gasteiger partial charge >= 0.3 is 0 Å². The fourth-order valence-corrected chi connectivity index (χ4v) is 2.69. The molecule has 1 amide bonds. The molecule has 1 saturated heterocycles. The first-order valence-electron chi connectivity index (χ1n) is 8.58. The molecule has 3 rings (SSSR count). The van der Waals surface area contributed by atoms with E-state index >= 15 is 0 Å². The van der Waals surface area contributed by atoms with E-state index in [-0.39, 0.29) is 17.4 Å². The van der Waals surface area contributed by atoms with Crippen LogP contribution in [-0.4, -0.2) is 60.4 Å². The molecule has 1 fully saturated rings. The van der Waals surface area contributed by atoms with Crippen molar-refractivity contribution in [3.63, 3.8) is 0 Å². The maximum absolute atomic E-state index is 12.4. The quantitative estimate of drug-likeness (QED) is 0.868. The predicted octanol–water partition coefficient (Wildman–Crippen LogP) is 1.07. The zero-order chi connectivity index (χ0) is 17.9. The number of aromatic amines is 1. The number of nitrogens with one attached hydrogen (secondary N) is 1. The highest BCUT2D eigenvalue weighted by atomic mass is 16.5. The third-order valence-corrected chi connectivity index (χ3v) is 4.14. The molecule has 1 N–H and O–H groups in total. The highest BCUT2D eigenvalue weighted by molar-refractivity contribution is 5.76. The number of carbonyl (C=O) groups is 1. The van der Waals surface area contributed by atoms with Gasteiger partial charge in [0.1, 0.15) is 18.8 Å². The lowest BCUT2D eigenvalue weighted by Crippen LogP contribution is -2.42. The van der Waals surface area contributed by atoms with Gasteiger partial charge < -0.3 is 9.64 Å². The lowest BCUT2D eigenvalue weighted by molar-refractivity contribution is -0.139. The second-order valence-corrected chi connectivity index (χ2v) is 7.26. The van der Waals surface area contributed by atoms with Gasteiger partial charge in [-0.2, -0.15) is 10.2 Å². The van der Waals surface area contributed by atoms with Gasteiger partial charge in [0.2, 0.25) is 5.91 Å². The van der Waals surface area contributed by atoms with Crippen LogP contribution in [0.5, 0.6) is 0 Å². The molecule has 0 bridgehead atoms. The second kappa shape index (κ2) is 7.30. The first-order chi connectivity index (χ1) is 11.9. The number of ether oxygens (including phenoxy) is 1. The molecule has 0 aromatic carbocycles. The monoisotopic (exact) mass is 347 g/mol. The fourth-order valence-electron chi connectivity index (χ4n) is 2.69. The Kier molecular flexibility index (Phi) is 5.12. The van der Waals surface area contributed by atoms with Crippen LogP contribution in [0.4, 0.5) is 0 Å². The second-order valence-electron chi connectivity index (χ2n) is 7.26. The van der Waals surface area contributed by atoms with Gasteiger partial charge in [-0.05, 0) is 6.42 Å². The minimum atomic E-state index is -0.253. The molecule has 1 aliphatic heterocycles. The van der Waals surface area contributed by atoms with E-state index in [1.165, 1.54) is 6.33 Å². The van der Waals surface area contributed by atoms with Crippen molar-refractivity contribution in [1.29, 1.82) is 0 Å². The van der Waals surface area contributed by atoms with Crippen molar-refractivity contribution in [3.8, 4) is 0 Å². The number of carbonyl (C=O) groups excluding carboxylic acids is 1. The van der Waals surface area contributed by atoms with Crippen LogP contribution < -0.4 is 0 Å². The Morgan fingerprint density at radius 3 is 2.96 bits per heavy atom. The zero-order valence-corrected chi connectivity index (χ0v) is 15.0. The molecular formula is C16H25N7O2. The molecule has 2 aromatic rings. The van der Waals surface area contributed by atoms with Gasteiger partial charge in [0.05, 0.1) is 13.2 Å². The molecule has 25 heavy (non-hydrogen) atoms. The van der Waals surface area contributed by atoms with E-state index < -0.39 is 0 Å². The summed E-state index contributed by atoms with van der Waals surface area (Å²) in [4.78, 5) is 22.7. The lowest BCUT2D eigenvalue weighted by Gasteiger charge is -2.32. The van der Waals surface area contributed by atoms with E-state index in [2.05, 4.69) is 46.0 Å². The maximum atomic E-state index is 12.4. The van der Waals surface area contributed by atoms with Crippen molar-refractivity contribution in [2.24, 2.45) is 0 Å². The van der Waals surface area contributed by atoms with Crippen molar-refractivity contribution < 1.29 is 9.53 Å². The van der Waals surface area contributed by atoms with Gasteiger partial charge in [-0.1, -0.05) is 20.8 Å². The standard InChI is InChI=1S/C16H25N7O2/c1-16(2,3)15-19-14(20-21-15)12-9-22(7-8-25-12)13(24)5-4-6-23-11-17-10-18-23/h10-12H,4-9H2,1-3H3,(H,19,20,21)/t12-/m1/s1. The molecule has 9 heteroatoms. The molecule has 2 aromatic heterocycles. The topological polar surface area (TPSA) is 102 Å². The minimum absolute atomic E-state index is 0.125. The molecule has 136 valence electrons. The minimum Gasteiger partial charge on any atom is -0.367 e. The van der Waals surface area contributed by atoms with Gasteiger partial charge in [-0.3, -0.25) is 14.6 Å². The Morgan fingerprint density at radius 1 is 1.44 bits per heavy atom. The summed E-state index contributed by atoms with van der Waals surface area (Å²) >= 11 is 0. The van der Waals surface area contributed by atoms with Crippen LogP contribution in [0.3, 0.4) is 0 Å². The van der Waals surface area contributed by atoms with Gasteiger partial charge in [-0.15, -0.1) is 0 Å². The highest BCUT2D eigenvalue weighted by Gasteiger charge is 2.29. The van der Waals surface area contributed by atoms with Gasteiger partial charge in [0, 0.05) is 24.9 Å². The molecule has 1 atom stereocenters. The maximum Gasteiger partial charge on any atom is 0.222 e. The van der Waals surface area contributed by atoms with E-state index in [1.54, 1.807) is 11.0 Å². The van der Waals surface area contributed by atoms with Crippen LogP contribution in [0, 0.1) is 0 Å². The molecular weight excluding hydrogens is 322 g/mol. The van der Waals surface area contributed by atoms with Crippen LogP contribution in [0.2, 0.25) is 0 Å². The SMILES string of the molecule is CC(C)(C)c1n[nH]c([C@H]2CN(C(=O)CCCn3cncn3)CCO2)n1. The van der Waals surface area contributed by atoms with Crippen LogP contribution in [0.1, 0.15) is 51.4 Å². The summed E-state index contributed by atoms with van der Waals surface area (Å²) in [7, 11) is 0. The van der Waals surface area contributed by atoms with E-state index in [4.69, 9.17) is 4.74 Å².